The van der Waals surface area contributed by atoms with Gasteiger partial charge in [0.05, 0.1) is 0 Å². The summed E-state index contributed by atoms with van der Waals surface area (Å²) in [6.45, 7) is 4.47. The zero-order chi connectivity index (χ0) is 12.0. The van der Waals surface area contributed by atoms with Crippen molar-refractivity contribution in [3.05, 3.63) is 23.8 Å². The molecule has 0 aliphatic heterocycles. The number of nitrogens with two attached hydrogens (primary N) is 2. The molecule has 3 heteroatoms. The highest BCUT2D eigenvalue weighted by atomic mass is 15.1. The fourth-order valence-corrected chi connectivity index (χ4v) is 1.88. The van der Waals surface area contributed by atoms with E-state index in [2.05, 4.69) is 18.9 Å². The molecule has 0 bridgehead atoms. The van der Waals surface area contributed by atoms with Crippen molar-refractivity contribution in [2.24, 2.45) is 0 Å². The minimum absolute atomic E-state index is 0.797. The number of hydrogen-bond donors (Lipinski definition) is 2. The first-order valence-corrected chi connectivity index (χ1v) is 5.96. The van der Waals surface area contributed by atoms with E-state index in [1.165, 1.54) is 12.0 Å². The number of anilines is 2. The van der Waals surface area contributed by atoms with Crippen molar-refractivity contribution in [2.45, 2.75) is 26.2 Å². The monoisotopic (exact) mass is 221 g/mol. The molecule has 0 aliphatic rings. The zero-order valence-corrected chi connectivity index (χ0v) is 10.4. The number of aryl methyl sites for hydroxylation is 1. The number of benzene rings is 1. The largest absolute Gasteiger partial charge is 0.399 e. The molecule has 0 atom stereocenters. The summed E-state index contributed by atoms with van der Waals surface area (Å²) in [5.41, 5.74) is 14.5. The summed E-state index contributed by atoms with van der Waals surface area (Å²) in [5.74, 6) is 0. The van der Waals surface area contributed by atoms with Crippen LogP contribution in [0.1, 0.15) is 25.3 Å². The van der Waals surface area contributed by atoms with Gasteiger partial charge in [0.15, 0.2) is 0 Å². The average Bonchev–Trinajstić information content (AvgIpc) is 2.23. The Labute approximate surface area is 98.4 Å². The molecule has 1 aromatic rings. The summed E-state index contributed by atoms with van der Waals surface area (Å²) in [7, 11) is 2.16. The summed E-state index contributed by atoms with van der Waals surface area (Å²) >= 11 is 0. The fraction of sp³-hybridized carbons (Fsp3) is 0.538. The second kappa shape index (κ2) is 6.38. The highest BCUT2D eigenvalue weighted by molar-refractivity contribution is 5.55. The first kappa shape index (κ1) is 12.8. The second-order valence-corrected chi connectivity index (χ2v) is 4.37. The molecule has 0 unspecified atom stereocenters. The highest BCUT2D eigenvalue weighted by Crippen LogP contribution is 2.17. The van der Waals surface area contributed by atoms with Gasteiger partial charge in [-0.1, -0.05) is 6.92 Å². The van der Waals surface area contributed by atoms with Gasteiger partial charge in [-0.05, 0) is 63.2 Å². The van der Waals surface area contributed by atoms with Crippen molar-refractivity contribution >= 4 is 11.4 Å². The molecule has 0 spiro atoms. The predicted octanol–water partition coefficient (Wildman–Crippen LogP) is 2.13. The molecule has 0 saturated heterocycles. The first-order chi connectivity index (χ1) is 7.63. The molecule has 0 aliphatic carbocycles. The Morgan fingerprint density at radius 2 is 1.94 bits per heavy atom. The van der Waals surface area contributed by atoms with Crippen LogP contribution < -0.4 is 11.5 Å². The Bertz CT molecular complexity index is 323. The topological polar surface area (TPSA) is 55.3 Å². The summed E-state index contributed by atoms with van der Waals surface area (Å²) in [6, 6.07) is 5.72. The van der Waals surface area contributed by atoms with Crippen molar-refractivity contribution < 1.29 is 0 Å². The lowest BCUT2D eigenvalue weighted by molar-refractivity contribution is 0.330. The first-order valence-electron chi connectivity index (χ1n) is 5.96. The summed E-state index contributed by atoms with van der Waals surface area (Å²) in [6.07, 6.45) is 3.34. The van der Waals surface area contributed by atoms with Gasteiger partial charge in [-0.15, -0.1) is 0 Å². The molecule has 0 radical (unpaired) electrons. The van der Waals surface area contributed by atoms with Gasteiger partial charge >= 0.3 is 0 Å². The van der Waals surface area contributed by atoms with Gasteiger partial charge in [-0.2, -0.15) is 0 Å². The van der Waals surface area contributed by atoms with Gasteiger partial charge in [0, 0.05) is 11.4 Å². The zero-order valence-electron chi connectivity index (χ0n) is 10.4. The standard InChI is InChI=1S/C13H23N3/c1-3-8-16(2)9-4-5-11-10-12(14)6-7-13(11)15/h6-7,10H,3-5,8-9,14-15H2,1-2H3. The van der Waals surface area contributed by atoms with Crippen molar-refractivity contribution in [1.29, 1.82) is 0 Å². The third kappa shape index (κ3) is 4.11. The third-order valence-electron chi connectivity index (χ3n) is 2.76. The molecule has 1 aromatic carbocycles. The molecule has 0 fully saturated rings. The number of rotatable bonds is 6. The third-order valence-corrected chi connectivity index (χ3v) is 2.76. The van der Waals surface area contributed by atoms with Crippen LogP contribution in [0.25, 0.3) is 0 Å². The van der Waals surface area contributed by atoms with Crippen molar-refractivity contribution in [1.82, 2.24) is 4.90 Å². The van der Waals surface area contributed by atoms with E-state index < -0.39 is 0 Å². The molecular weight excluding hydrogens is 198 g/mol. The molecule has 4 N–H and O–H groups in total. The smallest absolute Gasteiger partial charge is 0.0348 e. The molecule has 0 amide bonds. The van der Waals surface area contributed by atoms with E-state index in [9.17, 15) is 0 Å². The minimum atomic E-state index is 0.797. The van der Waals surface area contributed by atoms with E-state index in [1.54, 1.807) is 0 Å². The van der Waals surface area contributed by atoms with Crippen LogP contribution in [0.5, 0.6) is 0 Å². The Hall–Kier alpha value is -1.22. The quantitative estimate of drug-likeness (QED) is 0.723. The van der Waals surface area contributed by atoms with E-state index in [4.69, 9.17) is 11.5 Å². The van der Waals surface area contributed by atoms with Crippen molar-refractivity contribution in [3.63, 3.8) is 0 Å². The van der Waals surface area contributed by atoms with Gasteiger partial charge in [0.1, 0.15) is 0 Å². The van der Waals surface area contributed by atoms with Crippen LogP contribution in [0.3, 0.4) is 0 Å². The van der Waals surface area contributed by atoms with Crippen molar-refractivity contribution in [2.75, 3.05) is 31.6 Å². The Kier molecular flexibility index (Phi) is 5.12. The van der Waals surface area contributed by atoms with Gasteiger partial charge in [0.25, 0.3) is 0 Å². The van der Waals surface area contributed by atoms with Gasteiger partial charge in [0.2, 0.25) is 0 Å². The van der Waals surface area contributed by atoms with Crippen LogP contribution in [-0.4, -0.2) is 25.0 Å². The van der Waals surface area contributed by atoms with E-state index in [0.29, 0.717) is 0 Å². The second-order valence-electron chi connectivity index (χ2n) is 4.37. The molecule has 0 heterocycles. The SMILES string of the molecule is CCCN(C)CCCc1cc(N)ccc1N. The number of hydrogen-bond acceptors (Lipinski definition) is 3. The molecule has 3 nitrogen and oxygen atoms in total. The van der Waals surface area contributed by atoms with Crippen LogP contribution in [0.4, 0.5) is 11.4 Å². The minimum Gasteiger partial charge on any atom is -0.399 e. The maximum absolute atomic E-state index is 5.90. The van der Waals surface area contributed by atoms with E-state index in [-0.39, 0.29) is 0 Å². The van der Waals surface area contributed by atoms with Crippen LogP contribution >= 0.6 is 0 Å². The molecule has 16 heavy (non-hydrogen) atoms. The predicted molar refractivity (Wildman–Crippen MR) is 71.4 cm³/mol. The lowest BCUT2D eigenvalue weighted by Crippen LogP contribution is -2.20. The molecular formula is C13H23N3. The normalized spacial score (nSPS) is 10.9. The van der Waals surface area contributed by atoms with Gasteiger partial charge in [-0.25, -0.2) is 0 Å². The maximum Gasteiger partial charge on any atom is 0.0348 e. The Morgan fingerprint density at radius 3 is 2.62 bits per heavy atom. The molecule has 0 aromatic heterocycles. The highest BCUT2D eigenvalue weighted by Gasteiger charge is 2.01. The Morgan fingerprint density at radius 1 is 1.19 bits per heavy atom. The van der Waals surface area contributed by atoms with E-state index in [1.807, 2.05) is 18.2 Å². The van der Waals surface area contributed by atoms with E-state index >= 15 is 0 Å². The lowest BCUT2D eigenvalue weighted by atomic mass is 10.1. The average molecular weight is 221 g/mol. The van der Waals surface area contributed by atoms with Gasteiger partial charge < -0.3 is 16.4 Å². The van der Waals surface area contributed by atoms with E-state index in [0.717, 1.165) is 37.3 Å². The van der Waals surface area contributed by atoms with Crippen LogP contribution in [0, 0.1) is 0 Å². The number of nitrogen functional groups attached to an aromatic ring is 2. The summed E-state index contributed by atoms with van der Waals surface area (Å²) in [5, 5.41) is 0. The summed E-state index contributed by atoms with van der Waals surface area (Å²) in [4.78, 5) is 2.35. The fourth-order valence-electron chi connectivity index (χ4n) is 1.88. The number of nitrogens with zero attached hydrogens (tertiary/aromatic N) is 1. The van der Waals surface area contributed by atoms with Crippen molar-refractivity contribution in [3.8, 4) is 0 Å². The van der Waals surface area contributed by atoms with Crippen LogP contribution in [0.2, 0.25) is 0 Å². The molecule has 0 saturated carbocycles. The molecule has 1 rings (SSSR count). The van der Waals surface area contributed by atoms with Crippen LogP contribution in [0.15, 0.2) is 18.2 Å². The maximum atomic E-state index is 5.90. The van der Waals surface area contributed by atoms with Gasteiger partial charge in [-0.3, -0.25) is 0 Å². The molecule has 90 valence electrons. The lowest BCUT2D eigenvalue weighted by Gasteiger charge is -2.15. The summed E-state index contributed by atoms with van der Waals surface area (Å²) < 4.78 is 0. The van der Waals surface area contributed by atoms with Crippen LogP contribution in [-0.2, 0) is 6.42 Å². The Balaban J connectivity index is 2.39.